The SMILES string of the molecule is CS(=O)(=O)c1ccc(F)c(CC(N)c2ccccc2-c2noc3c(F)cccc23)n1. The van der Waals surface area contributed by atoms with Crippen LogP contribution in [0.15, 0.2) is 64.1 Å². The number of aromatic nitrogens is 2. The summed E-state index contributed by atoms with van der Waals surface area (Å²) in [4.78, 5) is 3.94. The lowest BCUT2D eigenvalue weighted by Crippen LogP contribution is -2.17. The maximum absolute atomic E-state index is 14.3. The van der Waals surface area contributed by atoms with Crippen molar-refractivity contribution in [3.05, 3.63) is 77.5 Å². The van der Waals surface area contributed by atoms with E-state index in [1.54, 1.807) is 36.4 Å². The van der Waals surface area contributed by atoms with Crippen molar-refractivity contribution in [2.24, 2.45) is 5.73 Å². The molecule has 0 bridgehead atoms. The Morgan fingerprint density at radius 3 is 2.57 bits per heavy atom. The zero-order chi connectivity index (χ0) is 21.5. The monoisotopic (exact) mass is 429 g/mol. The van der Waals surface area contributed by atoms with Gasteiger partial charge < -0.3 is 10.3 Å². The number of rotatable bonds is 5. The summed E-state index contributed by atoms with van der Waals surface area (Å²) in [5.41, 5.74) is 7.95. The molecular weight excluding hydrogens is 412 g/mol. The molecule has 9 heteroatoms. The van der Waals surface area contributed by atoms with Crippen LogP contribution in [0.5, 0.6) is 0 Å². The summed E-state index contributed by atoms with van der Waals surface area (Å²) >= 11 is 0. The zero-order valence-electron chi connectivity index (χ0n) is 15.8. The van der Waals surface area contributed by atoms with Gasteiger partial charge in [0, 0.05) is 24.3 Å². The van der Waals surface area contributed by atoms with Crippen LogP contribution in [0.3, 0.4) is 0 Å². The minimum Gasteiger partial charge on any atom is -0.352 e. The van der Waals surface area contributed by atoms with Crippen LogP contribution in [-0.2, 0) is 16.3 Å². The Hall–Kier alpha value is -3.17. The fourth-order valence-electron chi connectivity index (χ4n) is 3.29. The van der Waals surface area contributed by atoms with Gasteiger partial charge in [-0.1, -0.05) is 35.5 Å². The smallest absolute Gasteiger partial charge is 0.203 e. The van der Waals surface area contributed by atoms with Gasteiger partial charge in [-0.3, -0.25) is 0 Å². The average Bonchev–Trinajstić information content (AvgIpc) is 3.14. The van der Waals surface area contributed by atoms with E-state index in [0.29, 0.717) is 22.2 Å². The van der Waals surface area contributed by atoms with Gasteiger partial charge in [-0.25, -0.2) is 22.2 Å². The molecule has 0 aliphatic rings. The molecule has 2 heterocycles. The molecule has 1 atom stereocenters. The zero-order valence-corrected chi connectivity index (χ0v) is 16.7. The van der Waals surface area contributed by atoms with Crippen molar-refractivity contribution < 1.29 is 21.7 Å². The molecule has 0 radical (unpaired) electrons. The van der Waals surface area contributed by atoms with Gasteiger partial charge in [0.05, 0.1) is 11.1 Å². The molecule has 0 saturated heterocycles. The summed E-state index contributed by atoms with van der Waals surface area (Å²) in [6, 6.07) is 13.0. The van der Waals surface area contributed by atoms with Crippen molar-refractivity contribution in [3.8, 4) is 11.3 Å². The van der Waals surface area contributed by atoms with E-state index in [2.05, 4.69) is 10.1 Å². The normalized spacial score (nSPS) is 12.9. The highest BCUT2D eigenvalue weighted by atomic mass is 32.2. The van der Waals surface area contributed by atoms with Gasteiger partial charge in [0.1, 0.15) is 11.5 Å². The predicted octanol–water partition coefficient (Wildman–Crippen LogP) is 3.81. The largest absolute Gasteiger partial charge is 0.352 e. The Morgan fingerprint density at radius 2 is 1.80 bits per heavy atom. The molecule has 4 aromatic rings. The van der Waals surface area contributed by atoms with E-state index < -0.39 is 27.5 Å². The van der Waals surface area contributed by atoms with Crippen LogP contribution < -0.4 is 5.73 Å². The fourth-order valence-corrected chi connectivity index (χ4v) is 3.88. The lowest BCUT2D eigenvalue weighted by Gasteiger charge is -2.16. The van der Waals surface area contributed by atoms with E-state index in [4.69, 9.17) is 10.3 Å². The molecule has 0 spiro atoms. The molecule has 1 unspecified atom stereocenters. The summed E-state index contributed by atoms with van der Waals surface area (Å²) in [6.07, 6.45) is 0.956. The van der Waals surface area contributed by atoms with E-state index >= 15 is 0 Å². The van der Waals surface area contributed by atoms with Crippen LogP contribution in [0.2, 0.25) is 0 Å². The number of benzene rings is 2. The van der Waals surface area contributed by atoms with Gasteiger partial charge in [0.2, 0.25) is 5.58 Å². The average molecular weight is 429 g/mol. The first kappa shape index (κ1) is 20.1. The molecule has 0 fully saturated rings. The van der Waals surface area contributed by atoms with E-state index in [9.17, 15) is 17.2 Å². The standard InChI is InChI=1S/C21H17F2N3O3S/c1-30(27,28)19-10-9-15(22)18(25-19)11-17(24)12-5-2-3-6-13(12)20-14-7-4-8-16(23)21(14)29-26-20/h2-10,17H,11,24H2,1H3. The Kier molecular flexibility index (Phi) is 5.08. The number of hydrogen-bond acceptors (Lipinski definition) is 6. The minimum absolute atomic E-state index is 0.0319. The van der Waals surface area contributed by atoms with Crippen LogP contribution in [0.1, 0.15) is 17.3 Å². The molecule has 4 rings (SSSR count). The Morgan fingerprint density at radius 1 is 1.03 bits per heavy atom. The molecule has 0 amide bonds. The molecule has 2 aromatic carbocycles. The first-order chi connectivity index (χ1) is 14.3. The third-order valence-corrected chi connectivity index (χ3v) is 5.74. The Balaban J connectivity index is 1.75. The third-order valence-electron chi connectivity index (χ3n) is 4.75. The number of para-hydroxylation sites is 1. The lowest BCUT2D eigenvalue weighted by molar-refractivity contribution is 0.443. The molecule has 0 aliphatic carbocycles. The van der Waals surface area contributed by atoms with Gasteiger partial charge >= 0.3 is 0 Å². The van der Waals surface area contributed by atoms with Gasteiger partial charge in [-0.05, 0) is 29.8 Å². The number of nitrogens with zero attached hydrogens (tertiary/aromatic N) is 2. The summed E-state index contributed by atoms with van der Waals surface area (Å²) < 4.78 is 56.9. The number of pyridine rings is 1. The molecule has 2 aromatic heterocycles. The first-order valence-corrected chi connectivity index (χ1v) is 10.9. The summed E-state index contributed by atoms with van der Waals surface area (Å²) in [5, 5.41) is 4.26. The maximum Gasteiger partial charge on any atom is 0.203 e. The molecule has 6 nitrogen and oxygen atoms in total. The highest BCUT2D eigenvalue weighted by Crippen LogP contribution is 2.34. The van der Waals surface area contributed by atoms with E-state index in [-0.39, 0.29) is 22.7 Å². The van der Waals surface area contributed by atoms with Crippen molar-refractivity contribution in [1.29, 1.82) is 0 Å². The highest BCUT2D eigenvalue weighted by molar-refractivity contribution is 7.90. The van der Waals surface area contributed by atoms with Crippen molar-refractivity contribution in [3.63, 3.8) is 0 Å². The molecular formula is C21H17F2N3O3S. The first-order valence-electron chi connectivity index (χ1n) is 9.00. The molecule has 0 aliphatic heterocycles. The van der Waals surface area contributed by atoms with Crippen molar-refractivity contribution >= 4 is 20.8 Å². The number of fused-ring (bicyclic) bond motifs is 1. The summed E-state index contributed by atoms with van der Waals surface area (Å²) in [6.45, 7) is 0. The van der Waals surface area contributed by atoms with Crippen LogP contribution in [0, 0.1) is 11.6 Å². The van der Waals surface area contributed by atoms with Gasteiger partial charge in [0.15, 0.2) is 20.7 Å². The lowest BCUT2D eigenvalue weighted by atomic mass is 9.94. The van der Waals surface area contributed by atoms with Crippen LogP contribution in [0.4, 0.5) is 8.78 Å². The molecule has 154 valence electrons. The Labute approximate surface area is 171 Å². The number of halogens is 2. The summed E-state index contributed by atoms with van der Waals surface area (Å²) in [7, 11) is -3.59. The van der Waals surface area contributed by atoms with Crippen LogP contribution in [-0.4, -0.2) is 24.8 Å². The van der Waals surface area contributed by atoms with Crippen molar-refractivity contribution in [2.45, 2.75) is 17.5 Å². The summed E-state index contributed by atoms with van der Waals surface area (Å²) in [5.74, 6) is -1.18. The molecule has 30 heavy (non-hydrogen) atoms. The van der Waals surface area contributed by atoms with Gasteiger partial charge in [0.25, 0.3) is 0 Å². The van der Waals surface area contributed by atoms with Crippen LogP contribution >= 0.6 is 0 Å². The van der Waals surface area contributed by atoms with Crippen molar-refractivity contribution in [2.75, 3.05) is 6.26 Å². The Bertz CT molecular complexity index is 1350. The second-order valence-corrected chi connectivity index (χ2v) is 8.86. The number of nitrogens with two attached hydrogens (primary N) is 1. The second-order valence-electron chi connectivity index (χ2n) is 6.90. The van der Waals surface area contributed by atoms with E-state index in [1.807, 2.05) is 0 Å². The van der Waals surface area contributed by atoms with Crippen molar-refractivity contribution in [1.82, 2.24) is 10.1 Å². The molecule has 0 saturated carbocycles. The van der Waals surface area contributed by atoms with E-state index in [1.165, 1.54) is 6.07 Å². The van der Waals surface area contributed by atoms with Crippen LogP contribution in [0.25, 0.3) is 22.2 Å². The second kappa shape index (κ2) is 7.58. The molecule has 2 N–H and O–H groups in total. The number of hydrogen-bond donors (Lipinski definition) is 1. The highest BCUT2D eigenvalue weighted by Gasteiger charge is 2.21. The fraction of sp³-hybridized carbons (Fsp3) is 0.143. The van der Waals surface area contributed by atoms with Gasteiger partial charge in [-0.15, -0.1) is 0 Å². The van der Waals surface area contributed by atoms with E-state index in [0.717, 1.165) is 18.4 Å². The third kappa shape index (κ3) is 3.69. The van der Waals surface area contributed by atoms with Gasteiger partial charge in [-0.2, -0.15) is 0 Å². The minimum atomic E-state index is -3.59. The predicted molar refractivity (Wildman–Crippen MR) is 107 cm³/mol. The topological polar surface area (TPSA) is 99.1 Å². The number of sulfone groups is 1. The quantitative estimate of drug-likeness (QED) is 0.518. The maximum atomic E-state index is 14.3.